The van der Waals surface area contributed by atoms with Gasteiger partial charge in [0.05, 0.1) is 0 Å². The Balaban J connectivity index is 2.07. The van der Waals surface area contributed by atoms with Crippen LogP contribution in [0.1, 0.15) is 13.8 Å². The second-order valence-electron chi connectivity index (χ2n) is 5.03. The highest BCUT2D eigenvalue weighted by molar-refractivity contribution is 9.10. The van der Waals surface area contributed by atoms with Gasteiger partial charge in [0, 0.05) is 15.2 Å². The Morgan fingerprint density at radius 2 is 1.86 bits per heavy atom. The van der Waals surface area contributed by atoms with E-state index in [-0.39, 0.29) is 5.91 Å². The van der Waals surface area contributed by atoms with Crippen molar-refractivity contribution in [3.8, 4) is 5.75 Å². The molecule has 0 radical (unpaired) electrons. The summed E-state index contributed by atoms with van der Waals surface area (Å²) < 4.78 is 6.71. The Morgan fingerprint density at radius 1 is 1.19 bits per heavy atom. The first-order chi connectivity index (χ1) is 9.87. The Hall–Kier alpha value is -1.52. The molecular formula is C16H15BrClNO2. The van der Waals surface area contributed by atoms with Gasteiger partial charge in [-0.15, -0.1) is 0 Å². The van der Waals surface area contributed by atoms with Gasteiger partial charge in [0.15, 0.2) is 5.60 Å². The van der Waals surface area contributed by atoms with E-state index in [1.807, 2.05) is 12.1 Å². The van der Waals surface area contributed by atoms with Crippen LogP contribution in [0.15, 0.2) is 53.0 Å². The fourth-order valence-corrected chi connectivity index (χ4v) is 2.15. The third-order valence-electron chi connectivity index (χ3n) is 2.82. The zero-order chi connectivity index (χ0) is 15.5. The summed E-state index contributed by atoms with van der Waals surface area (Å²) in [5.74, 6) is 0.386. The molecule has 0 fully saturated rings. The van der Waals surface area contributed by atoms with E-state index in [1.165, 1.54) is 0 Å². The van der Waals surface area contributed by atoms with Crippen molar-refractivity contribution < 1.29 is 9.53 Å². The number of carbonyl (C=O) groups is 1. The largest absolute Gasteiger partial charge is 0.478 e. The Kier molecular flexibility index (Phi) is 4.91. The summed E-state index contributed by atoms with van der Waals surface area (Å²) >= 11 is 9.26. The summed E-state index contributed by atoms with van der Waals surface area (Å²) in [4.78, 5) is 12.3. The van der Waals surface area contributed by atoms with Gasteiger partial charge >= 0.3 is 0 Å². The van der Waals surface area contributed by atoms with E-state index in [4.69, 9.17) is 16.3 Å². The topological polar surface area (TPSA) is 38.3 Å². The SMILES string of the molecule is CC(C)(Oc1ccc(Br)cc1)C(=O)Nc1cccc(Cl)c1. The van der Waals surface area contributed by atoms with E-state index < -0.39 is 5.60 Å². The van der Waals surface area contributed by atoms with Gasteiger partial charge in [-0.2, -0.15) is 0 Å². The van der Waals surface area contributed by atoms with Crippen molar-refractivity contribution in [2.45, 2.75) is 19.4 Å². The number of anilines is 1. The maximum atomic E-state index is 12.3. The van der Waals surface area contributed by atoms with Crippen molar-refractivity contribution in [3.05, 3.63) is 58.0 Å². The summed E-state index contributed by atoms with van der Waals surface area (Å²) in [5, 5.41) is 3.37. The fraction of sp³-hybridized carbons (Fsp3) is 0.188. The molecule has 0 spiro atoms. The lowest BCUT2D eigenvalue weighted by Gasteiger charge is -2.25. The van der Waals surface area contributed by atoms with Crippen LogP contribution in [0.2, 0.25) is 5.02 Å². The zero-order valence-corrected chi connectivity index (χ0v) is 14.0. The van der Waals surface area contributed by atoms with E-state index in [1.54, 1.807) is 50.2 Å². The van der Waals surface area contributed by atoms with Crippen LogP contribution in [0.3, 0.4) is 0 Å². The van der Waals surface area contributed by atoms with Crippen molar-refractivity contribution in [1.82, 2.24) is 0 Å². The molecule has 0 aliphatic heterocycles. The van der Waals surface area contributed by atoms with Crippen LogP contribution < -0.4 is 10.1 Å². The van der Waals surface area contributed by atoms with Gasteiger partial charge in [0.2, 0.25) is 0 Å². The zero-order valence-electron chi connectivity index (χ0n) is 11.7. The molecule has 0 heterocycles. The number of halogens is 2. The molecule has 0 unspecified atom stereocenters. The third-order valence-corrected chi connectivity index (χ3v) is 3.58. The van der Waals surface area contributed by atoms with Crippen molar-refractivity contribution >= 4 is 39.1 Å². The van der Waals surface area contributed by atoms with Gasteiger partial charge in [0.25, 0.3) is 5.91 Å². The van der Waals surface area contributed by atoms with Crippen LogP contribution in [0, 0.1) is 0 Å². The van der Waals surface area contributed by atoms with Crippen LogP contribution in [0.5, 0.6) is 5.75 Å². The molecule has 2 rings (SSSR count). The Morgan fingerprint density at radius 3 is 2.48 bits per heavy atom. The quantitative estimate of drug-likeness (QED) is 0.833. The number of benzene rings is 2. The van der Waals surface area contributed by atoms with Gasteiger partial charge < -0.3 is 10.1 Å². The molecule has 0 bridgehead atoms. The van der Waals surface area contributed by atoms with Gasteiger partial charge in [-0.25, -0.2) is 0 Å². The molecule has 0 aromatic heterocycles. The molecule has 0 aliphatic rings. The smallest absolute Gasteiger partial charge is 0.267 e. The van der Waals surface area contributed by atoms with E-state index in [0.29, 0.717) is 16.5 Å². The van der Waals surface area contributed by atoms with E-state index in [2.05, 4.69) is 21.2 Å². The highest BCUT2D eigenvalue weighted by atomic mass is 79.9. The number of hydrogen-bond donors (Lipinski definition) is 1. The summed E-state index contributed by atoms with van der Waals surface area (Å²) in [6.07, 6.45) is 0. The molecule has 0 aliphatic carbocycles. The van der Waals surface area contributed by atoms with E-state index >= 15 is 0 Å². The van der Waals surface area contributed by atoms with Gasteiger partial charge in [-0.1, -0.05) is 33.6 Å². The molecule has 110 valence electrons. The predicted octanol–water partition coefficient (Wildman–Crippen LogP) is 4.90. The number of ether oxygens (including phenoxy) is 1. The summed E-state index contributed by atoms with van der Waals surface area (Å²) in [6, 6.07) is 14.3. The first kappa shape index (κ1) is 15.9. The minimum Gasteiger partial charge on any atom is -0.478 e. The van der Waals surface area contributed by atoms with Crippen molar-refractivity contribution in [1.29, 1.82) is 0 Å². The molecule has 2 aromatic rings. The molecule has 0 atom stereocenters. The predicted molar refractivity (Wildman–Crippen MR) is 88.9 cm³/mol. The molecule has 5 heteroatoms. The number of carbonyl (C=O) groups excluding carboxylic acids is 1. The molecule has 1 N–H and O–H groups in total. The number of rotatable bonds is 4. The molecule has 21 heavy (non-hydrogen) atoms. The van der Waals surface area contributed by atoms with Gasteiger partial charge in [-0.3, -0.25) is 4.79 Å². The standard InChI is InChI=1S/C16H15BrClNO2/c1-16(2,21-14-8-6-11(17)7-9-14)15(20)19-13-5-3-4-12(18)10-13/h3-10H,1-2H3,(H,19,20). The van der Waals surface area contributed by atoms with Crippen LogP contribution in [-0.4, -0.2) is 11.5 Å². The molecule has 3 nitrogen and oxygen atoms in total. The average molecular weight is 369 g/mol. The second kappa shape index (κ2) is 6.50. The molecule has 0 saturated carbocycles. The lowest BCUT2D eigenvalue weighted by molar-refractivity contribution is -0.128. The van der Waals surface area contributed by atoms with Crippen molar-refractivity contribution in [2.75, 3.05) is 5.32 Å². The molecule has 1 amide bonds. The Labute approximate surface area is 137 Å². The van der Waals surface area contributed by atoms with Gasteiger partial charge in [0.1, 0.15) is 5.75 Å². The van der Waals surface area contributed by atoms with Crippen LogP contribution in [0.4, 0.5) is 5.69 Å². The van der Waals surface area contributed by atoms with Crippen LogP contribution >= 0.6 is 27.5 Å². The van der Waals surface area contributed by atoms with Crippen molar-refractivity contribution in [2.24, 2.45) is 0 Å². The molecule has 0 saturated heterocycles. The average Bonchev–Trinajstić information content (AvgIpc) is 2.41. The lowest BCUT2D eigenvalue weighted by Crippen LogP contribution is -2.42. The minimum atomic E-state index is -1.00. The van der Waals surface area contributed by atoms with E-state index in [9.17, 15) is 4.79 Å². The minimum absolute atomic E-state index is 0.243. The number of hydrogen-bond acceptors (Lipinski definition) is 2. The van der Waals surface area contributed by atoms with Gasteiger partial charge in [-0.05, 0) is 56.3 Å². The maximum Gasteiger partial charge on any atom is 0.267 e. The summed E-state index contributed by atoms with van der Waals surface area (Å²) in [7, 11) is 0. The normalized spacial score (nSPS) is 11.0. The lowest BCUT2D eigenvalue weighted by atomic mass is 10.1. The number of nitrogens with one attached hydrogen (secondary N) is 1. The maximum absolute atomic E-state index is 12.3. The first-order valence-electron chi connectivity index (χ1n) is 6.38. The summed E-state index contributed by atoms with van der Waals surface area (Å²) in [6.45, 7) is 3.43. The fourth-order valence-electron chi connectivity index (χ4n) is 1.69. The second-order valence-corrected chi connectivity index (χ2v) is 6.38. The highest BCUT2D eigenvalue weighted by Gasteiger charge is 2.30. The van der Waals surface area contributed by atoms with Crippen LogP contribution in [-0.2, 0) is 4.79 Å². The summed E-state index contributed by atoms with van der Waals surface area (Å²) in [5.41, 5.74) is -0.365. The number of amides is 1. The third kappa shape index (κ3) is 4.48. The van der Waals surface area contributed by atoms with Crippen molar-refractivity contribution in [3.63, 3.8) is 0 Å². The Bertz CT molecular complexity index is 641. The molecule has 2 aromatic carbocycles. The van der Waals surface area contributed by atoms with E-state index in [0.717, 1.165) is 4.47 Å². The first-order valence-corrected chi connectivity index (χ1v) is 7.55. The monoisotopic (exact) mass is 367 g/mol. The highest BCUT2D eigenvalue weighted by Crippen LogP contribution is 2.23. The van der Waals surface area contributed by atoms with Crippen LogP contribution in [0.25, 0.3) is 0 Å². The molecular weight excluding hydrogens is 354 g/mol.